The predicted octanol–water partition coefficient (Wildman–Crippen LogP) is 4.54. The van der Waals surface area contributed by atoms with E-state index in [9.17, 15) is 0 Å². The van der Waals surface area contributed by atoms with Crippen LogP contribution in [0, 0.1) is 6.92 Å². The Hall–Kier alpha value is -1.08. The molecule has 0 saturated carbocycles. The molecule has 0 amide bonds. The molecular formula is C17H25N. The van der Waals surface area contributed by atoms with Crippen LogP contribution >= 0.6 is 0 Å². The molecule has 0 fully saturated rings. The summed E-state index contributed by atoms with van der Waals surface area (Å²) < 4.78 is 0. The maximum Gasteiger partial charge on any atom is 0.0291 e. The second-order valence-corrected chi connectivity index (χ2v) is 5.44. The number of hydrogen-bond donors (Lipinski definition) is 1. The number of allylic oxidation sites excluding steroid dienone is 1. The van der Waals surface area contributed by atoms with Gasteiger partial charge in [-0.3, -0.25) is 0 Å². The van der Waals surface area contributed by atoms with Gasteiger partial charge < -0.3 is 5.32 Å². The van der Waals surface area contributed by atoms with E-state index < -0.39 is 0 Å². The lowest BCUT2D eigenvalue weighted by molar-refractivity contribution is 0.562. The van der Waals surface area contributed by atoms with E-state index in [1.165, 1.54) is 43.2 Å². The molecular weight excluding hydrogens is 218 g/mol. The van der Waals surface area contributed by atoms with E-state index in [0.29, 0.717) is 6.04 Å². The molecule has 0 saturated heterocycles. The maximum absolute atomic E-state index is 3.62. The molecule has 2 rings (SSSR count). The van der Waals surface area contributed by atoms with Gasteiger partial charge in [-0.05, 0) is 58.1 Å². The number of aryl methyl sites for hydroxylation is 1. The van der Waals surface area contributed by atoms with E-state index >= 15 is 0 Å². The van der Waals surface area contributed by atoms with Gasteiger partial charge in [0.15, 0.2) is 0 Å². The normalized spacial score (nSPS) is 17.3. The van der Waals surface area contributed by atoms with Crippen LogP contribution in [0.25, 0.3) is 0 Å². The molecule has 1 aromatic carbocycles. The average Bonchev–Trinajstić information content (AvgIpc) is 2.40. The highest BCUT2D eigenvalue weighted by Gasteiger charge is 2.06. The summed E-state index contributed by atoms with van der Waals surface area (Å²) >= 11 is 0. The monoisotopic (exact) mass is 243 g/mol. The Morgan fingerprint density at radius 2 is 1.94 bits per heavy atom. The Morgan fingerprint density at radius 1 is 1.17 bits per heavy atom. The lowest BCUT2D eigenvalue weighted by Crippen LogP contribution is -2.20. The van der Waals surface area contributed by atoms with E-state index in [2.05, 4.69) is 49.5 Å². The lowest BCUT2D eigenvalue weighted by atomic mass is 9.97. The molecule has 1 atom stereocenters. The Bertz CT molecular complexity index is 389. The molecule has 1 N–H and O–H groups in total. The van der Waals surface area contributed by atoms with Crippen molar-refractivity contribution in [1.29, 1.82) is 0 Å². The van der Waals surface area contributed by atoms with Gasteiger partial charge in [0.1, 0.15) is 0 Å². The van der Waals surface area contributed by atoms with E-state index in [1.54, 1.807) is 5.57 Å². The van der Waals surface area contributed by atoms with E-state index in [-0.39, 0.29) is 0 Å². The fourth-order valence-corrected chi connectivity index (χ4v) is 2.55. The summed E-state index contributed by atoms with van der Waals surface area (Å²) in [4.78, 5) is 0. The van der Waals surface area contributed by atoms with Gasteiger partial charge in [0.25, 0.3) is 0 Å². The third kappa shape index (κ3) is 3.99. The summed E-state index contributed by atoms with van der Waals surface area (Å²) in [5.74, 6) is 0. The van der Waals surface area contributed by atoms with Gasteiger partial charge in [0.2, 0.25) is 0 Å². The van der Waals surface area contributed by atoms with Gasteiger partial charge >= 0.3 is 0 Å². The van der Waals surface area contributed by atoms with Crippen LogP contribution in [-0.2, 0) is 0 Å². The Kier molecular flexibility index (Phi) is 5.00. The summed E-state index contributed by atoms with van der Waals surface area (Å²) in [5.41, 5.74) is 4.38. The summed E-state index contributed by atoms with van der Waals surface area (Å²) in [6, 6.07) is 9.29. The third-order valence-electron chi connectivity index (χ3n) is 3.86. The van der Waals surface area contributed by atoms with E-state index in [4.69, 9.17) is 0 Å². The summed E-state index contributed by atoms with van der Waals surface area (Å²) in [6.45, 7) is 5.48. The van der Waals surface area contributed by atoms with Crippen molar-refractivity contribution < 1.29 is 0 Å². The average molecular weight is 243 g/mol. The predicted molar refractivity (Wildman–Crippen MR) is 78.8 cm³/mol. The molecule has 1 heteroatoms. The van der Waals surface area contributed by atoms with Gasteiger partial charge in [-0.2, -0.15) is 0 Å². The molecule has 0 aromatic heterocycles. The Morgan fingerprint density at radius 3 is 2.61 bits per heavy atom. The molecule has 0 heterocycles. The topological polar surface area (TPSA) is 12.0 Å². The van der Waals surface area contributed by atoms with Gasteiger partial charge in [-0.15, -0.1) is 0 Å². The SMILES string of the molecule is Cc1ccc(C(C)NCCC2=CCCCC2)cc1. The zero-order valence-electron chi connectivity index (χ0n) is 11.7. The fourth-order valence-electron chi connectivity index (χ4n) is 2.55. The highest BCUT2D eigenvalue weighted by atomic mass is 14.9. The first-order valence-corrected chi connectivity index (χ1v) is 7.23. The minimum absolute atomic E-state index is 0.454. The molecule has 1 unspecified atom stereocenters. The smallest absolute Gasteiger partial charge is 0.0291 e. The van der Waals surface area contributed by atoms with Crippen molar-refractivity contribution in [3.8, 4) is 0 Å². The van der Waals surface area contributed by atoms with Crippen LogP contribution in [0.4, 0.5) is 0 Å². The molecule has 98 valence electrons. The van der Waals surface area contributed by atoms with Crippen molar-refractivity contribution in [2.75, 3.05) is 6.54 Å². The van der Waals surface area contributed by atoms with Gasteiger partial charge in [0.05, 0.1) is 0 Å². The second kappa shape index (κ2) is 6.75. The summed E-state index contributed by atoms with van der Waals surface area (Å²) in [5, 5.41) is 3.62. The largest absolute Gasteiger partial charge is 0.310 e. The molecule has 0 bridgehead atoms. The first kappa shape index (κ1) is 13.4. The summed E-state index contributed by atoms with van der Waals surface area (Å²) in [7, 11) is 0. The number of nitrogens with one attached hydrogen (secondary N) is 1. The highest BCUT2D eigenvalue weighted by Crippen LogP contribution is 2.20. The number of benzene rings is 1. The first-order valence-electron chi connectivity index (χ1n) is 7.23. The minimum Gasteiger partial charge on any atom is -0.310 e. The zero-order chi connectivity index (χ0) is 12.8. The summed E-state index contributed by atoms with van der Waals surface area (Å²) in [6.07, 6.45) is 9.05. The quantitative estimate of drug-likeness (QED) is 0.749. The van der Waals surface area contributed by atoms with Crippen LogP contribution in [0.3, 0.4) is 0 Å². The minimum atomic E-state index is 0.454. The number of rotatable bonds is 5. The van der Waals surface area contributed by atoms with Crippen molar-refractivity contribution in [2.45, 2.75) is 52.0 Å². The van der Waals surface area contributed by atoms with Crippen LogP contribution in [0.15, 0.2) is 35.9 Å². The molecule has 1 aliphatic rings. The molecule has 1 aromatic rings. The van der Waals surface area contributed by atoms with Gasteiger partial charge in [-0.1, -0.05) is 41.5 Å². The van der Waals surface area contributed by atoms with Gasteiger partial charge in [0, 0.05) is 6.04 Å². The molecule has 18 heavy (non-hydrogen) atoms. The first-order chi connectivity index (χ1) is 8.75. The fraction of sp³-hybridized carbons (Fsp3) is 0.529. The number of hydrogen-bond acceptors (Lipinski definition) is 1. The zero-order valence-corrected chi connectivity index (χ0v) is 11.7. The van der Waals surface area contributed by atoms with Crippen LogP contribution in [0.5, 0.6) is 0 Å². The Labute approximate surface area is 111 Å². The van der Waals surface area contributed by atoms with Crippen molar-refractivity contribution in [1.82, 2.24) is 5.32 Å². The van der Waals surface area contributed by atoms with Crippen LogP contribution < -0.4 is 5.32 Å². The lowest BCUT2D eigenvalue weighted by Gasteiger charge is -2.17. The van der Waals surface area contributed by atoms with Crippen LogP contribution in [0.1, 0.15) is 56.2 Å². The van der Waals surface area contributed by atoms with Crippen LogP contribution in [0.2, 0.25) is 0 Å². The second-order valence-electron chi connectivity index (χ2n) is 5.44. The highest BCUT2D eigenvalue weighted by molar-refractivity contribution is 5.23. The molecule has 0 radical (unpaired) electrons. The molecule has 0 aliphatic heterocycles. The van der Waals surface area contributed by atoms with E-state index in [0.717, 1.165) is 6.54 Å². The van der Waals surface area contributed by atoms with Crippen molar-refractivity contribution >= 4 is 0 Å². The Balaban J connectivity index is 1.76. The standard InChI is InChI=1S/C17H25N/c1-14-8-10-17(11-9-14)15(2)18-13-12-16-6-4-3-5-7-16/h6,8-11,15,18H,3-5,7,12-13H2,1-2H3. The maximum atomic E-state index is 3.62. The molecule has 0 spiro atoms. The van der Waals surface area contributed by atoms with E-state index in [1.807, 2.05) is 0 Å². The molecule has 1 aliphatic carbocycles. The third-order valence-corrected chi connectivity index (χ3v) is 3.86. The van der Waals surface area contributed by atoms with Gasteiger partial charge in [-0.25, -0.2) is 0 Å². The molecule has 1 nitrogen and oxygen atoms in total. The van der Waals surface area contributed by atoms with Crippen molar-refractivity contribution in [2.24, 2.45) is 0 Å². The van der Waals surface area contributed by atoms with Crippen molar-refractivity contribution in [3.63, 3.8) is 0 Å². The van der Waals surface area contributed by atoms with Crippen molar-refractivity contribution in [3.05, 3.63) is 47.0 Å². The van der Waals surface area contributed by atoms with Crippen LogP contribution in [-0.4, -0.2) is 6.54 Å².